The predicted molar refractivity (Wildman–Crippen MR) is 116 cm³/mol. The molecule has 144 valence electrons. The number of Topliss-reactive ketones (excluding diaryl/α,β-unsaturated/α-hetero) is 1. The molecule has 0 amide bonds. The van der Waals surface area contributed by atoms with E-state index in [4.69, 9.17) is 11.6 Å². The minimum absolute atomic E-state index is 0.0576. The molecule has 2 atom stereocenters. The molecule has 0 saturated heterocycles. The molecule has 0 fully saturated rings. The number of para-hydroxylation sites is 2. The lowest BCUT2D eigenvalue weighted by Crippen LogP contribution is -2.27. The number of carbonyl (C=O) groups is 1. The van der Waals surface area contributed by atoms with Gasteiger partial charge in [0.15, 0.2) is 5.78 Å². The highest BCUT2D eigenvalue weighted by atomic mass is 35.5. The number of hydrogen-bond donors (Lipinski definition) is 2. The summed E-state index contributed by atoms with van der Waals surface area (Å²) < 4.78 is 0. The van der Waals surface area contributed by atoms with Crippen molar-refractivity contribution in [1.82, 2.24) is 4.98 Å². The van der Waals surface area contributed by atoms with Gasteiger partial charge in [0.05, 0.1) is 17.4 Å². The van der Waals surface area contributed by atoms with Crippen LogP contribution in [0.1, 0.15) is 35.9 Å². The van der Waals surface area contributed by atoms with Crippen molar-refractivity contribution in [1.29, 1.82) is 0 Å². The van der Waals surface area contributed by atoms with Crippen molar-refractivity contribution in [2.45, 2.75) is 24.8 Å². The Morgan fingerprint density at radius 2 is 1.72 bits per heavy atom. The zero-order chi connectivity index (χ0) is 19.8. The Bertz CT molecular complexity index is 1110. The van der Waals surface area contributed by atoms with Crippen molar-refractivity contribution in [2.24, 2.45) is 0 Å². The zero-order valence-corrected chi connectivity index (χ0v) is 16.5. The Morgan fingerprint density at radius 3 is 2.52 bits per heavy atom. The number of rotatable bonds is 2. The van der Waals surface area contributed by atoms with E-state index < -0.39 is 0 Å². The van der Waals surface area contributed by atoms with Gasteiger partial charge < -0.3 is 10.6 Å². The summed E-state index contributed by atoms with van der Waals surface area (Å²) in [6, 6.07) is 19.5. The first kappa shape index (κ1) is 18.0. The van der Waals surface area contributed by atoms with E-state index in [9.17, 15) is 4.79 Å². The normalized spacial score (nSPS) is 20.8. The van der Waals surface area contributed by atoms with Gasteiger partial charge in [0, 0.05) is 35.1 Å². The van der Waals surface area contributed by atoms with Crippen molar-refractivity contribution in [3.63, 3.8) is 0 Å². The molecule has 0 bridgehead atoms. The molecule has 5 heteroatoms. The quantitative estimate of drug-likeness (QED) is 0.577. The highest BCUT2D eigenvalue weighted by Gasteiger charge is 2.36. The standard InChI is InChI=1S/C24H20ClN3O/c25-18-8-2-1-7-17(18)16-12-21-23(22(29)13-16)24(15-6-5-11-26-14-15)28-20-10-4-3-9-19(20)27-21/h1-11,14,16,24,27-28H,12-13H2/t16-,24-/m1/s1. The molecule has 1 aliphatic heterocycles. The average molecular weight is 402 g/mol. The molecular weight excluding hydrogens is 382 g/mol. The van der Waals surface area contributed by atoms with Gasteiger partial charge in [-0.3, -0.25) is 9.78 Å². The highest BCUT2D eigenvalue weighted by molar-refractivity contribution is 6.31. The second-order valence-electron chi connectivity index (χ2n) is 7.48. The van der Waals surface area contributed by atoms with E-state index >= 15 is 0 Å². The van der Waals surface area contributed by atoms with Gasteiger partial charge in [-0.25, -0.2) is 0 Å². The number of anilines is 2. The number of carbonyl (C=O) groups excluding carboxylic acids is 1. The summed E-state index contributed by atoms with van der Waals surface area (Å²) in [4.78, 5) is 17.7. The fourth-order valence-corrected chi connectivity index (χ4v) is 4.61. The number of nitrogens with one attached hydrogen (secondary N) is 2. The van der Waals surface area contributed by atoms with Crippen molar-refractivity contribution in [3.05, 3.63) is 100 Å². The van der Waals surface area contributed by atoms with Crippen LogP contribution in [0.25, 0.3) is 0 Å². The molecule has 0 unspecified atom stereocenters. The van der Waals surface area contributed by atoms with E-state index in [1.807, 2.05) is 66.9 Å². The number of allylic oxidation sites excluding steroid dienone is 1. The first-order chi connectivity index (χ1) is 14.2. The van der Waals surface area contributed by atoms with Gasteiger partial charge in [0.2, 0.25) is 0 Å². The van der Waals surface area contributed by atoms with Gasteiger partial charge >= 0.3 is 0 Å². The summed E-state index contributed by atoms with van der Waals surface area (Å²) in [6.45, 7) is 0. The lowest BCUT2D eigenvalue weighted by atomic mass is 9.78. The molecule has 29 heavy (non-hydrogen) atoms. The molecule has 1 aliphatic carbocycles. The number of halogens is 1. The number of nitrogens with zero attached hydrogens (tertiary/aromatic N) is 1. The van der Waals surface area contributed by atoms with Gasteiger partial charge in [-0.15, -0.1) is 0 Å². The Labute approximate surface area is 174 Å². The molecule has 2 aliphatic rings. The van der Waals surface area contributed by atoms with Gasteiger partial charge in [0.25, 0.3) is 0 Å². The molecule has 2 aromatic carbocycles. The predicted octanol–water partition coefficient (Wildman–Crippen LogP) is 5.71. The van der Waals surface area contributed by atoms with E-state index in [0.717, 1.165) is 40.2 Å². The van der Waals surface area contributed by atoms with Crippen LogP contribution < -0.4 is 10.6 Å². The molecule has 4 nitrogen and oxygen atoms in total. The topological polar surface area (TPSA) is 54.0 Å². The molecule has 2 N–H and O–H groups in total. The highest BCUT2D eigenvalue weighted by Crippen LogP contribution is 2.44. The molecule has 3 aromatic rings. The summed E-state index contributed by atoms with van der Waals surface area (Å²) in [5.74, 6) is 0.195. The SMILES string of the molecule is O=C1C[C@H](c2ccccc2Cl)CC2=C1[C@@H](c1cccnc1)Nc1ccccc1N2. The number of pyridine rings is 1. The third-order valence-electron chi connectivity index (χ3n) is 5.67. The first-order valence-electron chi connectivity index (χ1n) is 9.74. The van der Waals surface area contributed by atoms with Gasteiger partial charge in [-0.2, -0.15) is 0 Å². The Hall–Kier alpha value is -3.11. The van der Waals surface area contributed by atoms with Crippen LogP contribution in [0.4, 0.5) is 11.4 Å². The lowest BCUT2D eigenvalue weighted by molar-refractivity contribution is -0.116. The minimum Gasteiger partial charge on any atom is -0.372 e. The van der Waals surface area contributed by atoms with Gasteiger partial charge in [-0.1, -0.05) is 48.0 Å². The van der Waals surface area contributed by atoms with Crippen LogP contribution in [0.3, 0.4) is 0 Å². The Morgan fingerprint density at radius 1 is 0.931 bits per heavy atom. The monoisotopic (exact) mass is 401 g/mol. The van der Waals surface area contributed by atoms with Crippen molar-refractivity contribution >= 4 is 28.8 Å². The molecular formula is C24H20ClN3O. The van der Waals surface area contributed by atoms with Crippen LogP contribution >= 0.6 is 11.6 Å². The molecule has 1 aromatic heterocycles. The van der Waals surface area contributed by atoms with E-state index in [0.29, 0.717) is 11.4 Å². The fraction of sp³-hybridized carbons (Fsp3) is 0.167. The Kier molecular flexibility index (Phi) is 4.57. The summed E-state index contributed by atoms with van der Waals surface area (Å²) in [6.07, 6.45) is 4.75. The number of fused-ring (bicyclic) bond motifs is 1. The second kappa shape index (κ2) is 7.37. The van der Waals surface area contributed by atoms with Crippen molar-refractivity contribution in [3.8, 4) is 0 Å². The van der Waals surface area contributed by atoms with Crippen molar-refractivity contribution in [2.75, 3.05) is 10.6 Å². The summed E-state index contributed by atoms with van der Waals surface area (Å²) in [5, 5.41) is 7.82. The lowest BCUT2D eigenvalue weighted by Gasteiger charge is -2.30. The number of aromatic nitrogens is 1. The molecule has 0 saturated carbocycles. The van der Waals surface area contributed by atoms with Crippen LogP contribution in [-0.4, -0.2) is 10.8 Å². The first-order valence-corrected chi connectivity index (χ1v) is 10.1. The third kappa shape index (κ3) is 3.30. The van der Waals surface area contributed by atoms with Gasteiger partial charge in [-0.05, 0) is 47.7 Å². The van der Waals surface area contributed by atoms with Crippen molar-refractivity contribution < 1.29 is 4.79 Å². The third-order valence-corrected chi connectivity index (χ3v) is 6.02. The van der Waals surface area contributed by atoms with Crippen LogP contribution in [-0.2, 0) is 4.79 Å². The average Bonchev–Trinajstić information content (AvgIpc) is 2.91. The van der Waals surface area contributed by atoms with E-state index in [-0.39, 0.29) is 17.7 Å². The van der Waals surface area contributed by atoms with Gasteiger partial charge in [0.1, 0.15) is 0 Å². The van der Waals surface area contributed by atoms with E-state index in [1.54, 1.807) is 6.20 Å². The largest absolute Gasteiger partial charge is 0.372 e. The summed E-state index contributed by atoms with van der Waals surface area (Å²) in [7, 11) is 0. The van der Waals surface area contributed by atoms with Crippen LogP contribution in [0, 0.1) is 0 Å². The number of benzene rings is 2. The summed E-state index contributed by atoms with van der Waals surface area (Å²) >= 11 is 6.45. The minimum atomic E-state index is -0.241. The molecule has 5 rings (SSSR count). The van der Waals surface area contributed by atoms with Crippen LogP contribution in [0.2, 0.25) is 5.02 Å². The second-order valence-corrected chi connectivity index (χ2v) is 7.88. The number of ketones is 1. The number of hydrogen-bond acceptors (Lipinski definition) is 4. The summed E-state index contributed by atoms with van der Waals surface area (Å²) in [5.41, 5.74) is 5.69. The van der Waals surface area contributed by atoms with Crippen LogP contribution in [0.15, 0.2) is 84.3 Å². The molecule has 0 radical (unpaired) electrons. The fourth-order valence-electron chi connectivity index (χ4n) is 4.32. The molecule has 0 spiro atoms. The maximum absolute atomic E-state index is 13.4. The van der Waals surface area contributed by atoms with E-state index in [2.05, 4.69) is 15.6 Å². The maximum atomic E-state index is 13.4. The zero-order valence-electron chi connectivity index (χ0n) is 15.7. The molecule has 2 heterocycles. The smallest absolute Gasteiger partial charge is 0.163 e. The van der Waals surface area contributed by atoms with E-state index in [1.165, 1.54) is 0 Å². The Balaban J connectivity index is 1.62. The maximum Gasteiger partial charge on any atom is 0.163 e. The van der Waals surface area contributed by atoms with Crippen LogP contribution in [0.5, 0.6) is 0 Å².